The molecule has 0 radical (unpaired) electrons. The number of hydrogen-bond donors (Lipinski definition) is 0. The summed E-state index contributed by atoms with van der Waals surface area (Å²) in [6, 6.07) is 20.5. The Morgan fingerprint density at radius 3 is 2.46 bits per heavy atom. The van der Waals surface area contributed by atoms with Crippen molar-refractivity contribution in [3.63, 3.8) is 0 Å². The second-order valence-electron chi connectivity index (χ2n) is 8.78. The number of hydrazone groups is 1. The first-order valence-electron chi connectivity index (χ1n) is 12.0. The van der Waals surface area contributed by atoms with Crippen molar-refractivity contribution in [1.82, 2.24) is 5.01 Å². The molecule has 0 bridgehead atoms. The lowest BCUT2D eigenvalue weighted by Gasteiger charge is -2.38. The van der Waals surface area contributed by atoms with Gasteiger partial charge in [-0.3, -0.25) is 0 Å². The van der Waals surface area contributed by atoms with Crippen molar-refractivity contribution in [2.45, 2.75) is 44.9 Å². The molecule has 0 saturated heterocycles. The number of benzene rings is 3. The van der Waals surface area contributed by atoms with Crippen LogP contribution in [-0.2, 0) is 0 Å². The quantitative estimate of drug-likeness (QED) is 0.246. The SMILES string of the molecule is CCCCCOc1ccc(C2Oc3c(Br)cc(Br)cc3C3CC(c4ccc(OC)cc4)=NN32)cc1. The molecule has 182 valence electrons. The molecule has 0 amide bonds. The molecule has 2 aliphatic heterocycles. The van der Waals surface area contributed by atoms with E-state index in [1.165, 1.54) is 12.8 Å². The van der Waals surface area contributed by atoms with Crippen LogP contribution in [0.1, 0.15) is 61.6 Å². The van der Waals surface area contributed by atoms with Gasteiger partial charge in [-0.1, -0.05) is 35.7 Å². The van der Waals surface area contributed by atoms with E-state index < -0.39 is 0 Å². The van der Waals surface area contributed by atoms with E-state index in [1.54, 1.807) is 7.11 Å². The van der Waals surface area contributed by atoms with Crippen LogP contribution in [0.4, 0.5) is 0 Å². The zero-order valence-electron chi connectivity index (χ0n) is 19.8. The molecule has 2 heterocycles. The molecule has 0 saturated carbocycles. The lowest BCUT2D eigenvalue weighted by atomic mass is 9.96. The van der Waals surface area contributed by atoms with Crippen LogP contribution < -0.4 is 14.2 Å². The molecule has 0 aromatic heterocycles. The maximum atomic E-state index is 6.58. The lowest BCUT2D eigenvalue weighted by molar-refractivity contribution is -0.0197. The number of rotatable bonds is 8. The lowest BCUT2D eigenvalue weighted by Crippen LogP contribution is -2.33. The molecular weight excluding hydrogens is 572 g/mol. The number of fused-ring (bicyclic) bond motifs is 3. The number of ether oxygens (including phenoxy) is 3. The van der Waals surface area contributed by atoms with Gasteiger partial charge in [-0.25, -0.2) is 5.01 Å². The highest BCUT2D eigenvalue weighted by atomic mass is 79.9. The van der Waals surface area contributed by atoms with Gasteiger partial charge in [0.25, 0.3) is 0 Å². The number of nitrogens with zero attached hydrogens (tertiary/aromatic N) is 2. The van der Waals surface area contributed by atoms with Crippen molar-refractivity contribution in [2.75, 3.05) is 13.7 Å². The van der Waals surface area contributed by atoms with Crippen LogP contribution in [0.3, 0.4) is 0 Å². The summed E-state index contributed by atoms with van der Waals surface area (Å²) in [6.07, 6.45) is 3.90. The summed E-state index contributed by atoms with van der Waals surface area (Å²) in [7, 11) is 1.68. The fraction of sp³-hybridized carbons (Fsp3) is 0.321. The third-order valence-electron chi connectivity index (χ3n) is 6.41. The molecule has 2 atom stereocenters. The minimum Gasteiger partial charge on any atom is -0.497 e. The van der Waals surface area contributed by atoms with Crippen molar-refractivity contribution in [2.24, 2.45) is 5.10 Å². The Morgan fingerprint density at radius 1 is 1.00 bits per heavy atom. The molecule has 3 aromatic carbocycles. The van der Waals surface area contributed by atoms with Crippen LogP contribution in [0, 0.1) is 0 Å². The summed E-state index contributed by atoms with van der Waals surface area (Å²) >= 11 is 7.36. The van der Waals surface area contributed by atoms with Crippen molar-refractivity contribution in [3.05, 3.63) is 86.3 Å². The van der Waals surface area contributed by atoms with Gasteiger partial charge in [-0.2, -0.15) is 5.10 Å². The first-order valence-corrected chi connectivity index (χ1v) is 13.5. The second kappa shape index (κ2) is 10.6. The molecule has 0 fully saturated rings. The Balaban J connectivity index is 1.46. The van der Waals surface area contributed by atoms with Crippen molar-refractivity contribution in [3.8, 4) is 17.2 Å². The summed E-state index contributed by atoms with van der Waals surface area (Å²) in [4.78, 5) is 0. The first-order chi connectivity index (χ1) is 17.1. The van der Waals surface area contributed by atoms with Crippen LogP contribution >= 0.6 is 31.9 Å². The molecule has 0 aliphatic carbocycles. The molecule has 0 N–H and O–H groups in total. The monoisotopic (exact) mass is 598 g/mol. The normalized spacial score (nSPS) is 18.4. The van der Waals surface area contributed by atoms with E-state index in [1.807, 2.05) is 30.3 Å². The van der Waals surface area contributed by atoms with Crippen LogP contribution in [0.2, 0.25) is 0 Å². The van der Waals surface area contributed by atoms with Gasteiger partial charge in [-0.15, -0.1) is 0 Å². The fourth-order valence-electron chi connectivity index (χ4n) is 4.56. The number of methoxy groups -OCH3 is 1. The topological polar surface area (TPSA) is 43.3 Å². The molecule has 0 spiro atoms. The Morgan fingerprint density at radius 2 is 1.74 bits per heavy atom. The number of hydrogen-bond acceptors (Lipinski definition) is 5. The third-order valence-corrected chi connectivity index (χ3v) is 7.46. The van der Waals surface area contributed by atoms with Crippen molar-refractivity contribution >= 4 is 37.6 Å². The Labute approximate surface area is 223 Å². The van der Waals surface area contributed by atoms with E-state index in [0.29, 0.717) is 0 Å². The van der Waals surface area contributed by atoms with Gasteiger partial charge in [0.2, 0.25) is 6.23 Å². The van der Waals surface area contributed by atoms with Crippen molar-refractivity contribution < 1.29 is 14.2 Å². The van der Waals surface area contributed by atoms with E-state index in [-0.39, 0.29) is 12.3 Å². The average molecular weight is 600 g/mol. The van der Waals surface area contributed by atoms with Crippen LogP contribution in [-0.4, -0.2) is 24.4 Å². The summed E-state index contributed by atoms with van der Waals surface area (Å²) in [5.74, 6) is 2.58. The highest BCUT2D eigenvalue weighted by Crippen LogP contribution is 2.51. The zero-order valence-corrected chi connectivity index (χ0v) is 23.0. The van der Waals surface area contributed by atoms with Gasteiger partial charge in [0, 0.05) is 22.0 Å². The Kier molecular flexibility index (Phi) is 7.35. The standard InChI is InChI=1S/C28H28Br2N2O3/c1-3-4-5-14-34-22-12-8-19(9-13-22)28-32-26(23-15-20(29)16-24(30)27(23)35-28)17-25(31-32)18-6-10-21(33-2)11-7-18/h6-13,15-16,26,28H,3-5,14,17H2,1-2H3. The molecular formula is C28H28Br2N2O3. The van der Waals surface area contributed by atoms with E-state index in [4.69, 9.17) is 19.3 Å². The molecule has 7 heteroatoms. The summed E-state index contributed by atoms with van der Waals surface area (Å²) < 4.78 is 19.8. The number of unbranched alkanes of at least 4 members (excludes halogenated alkanes) is 2. The zero-order chi connectivity index (χ0) is 24.4. The largest absolute Gasteiger partial charge is 0.497 e. The molecule has 35 heavy (non-hydrogen) atoms. The predicted octanol–water partition coefficient (Wildman–Crippen LogP) is 8.03. The van der Waals surface area contributed by atoms with Crippen LogP contribution in [0.25, 0.3) is 0 Å². The molecule has 2 aliphatic rings. The molecule has 3 aromatic rings. The van der Waals surface area contributed by atoms with E-state index >= 15 is 0 Å². The molecule has 5 nitrogen and oxygen atoms in total. The van der Waals surface area contributed by atoms with Crippen LogP contribution in [0.15, 0.2) is 74.7 Å². The van der Waals surface area contributed by atoms with Gasteiger partial charge in [0.15, 0.2) is 0 Å². The van der Waals surface area contributed by atoms with Crippen molar-refractivity contribution in [1.29, 1.82) is 0 Å². The fourth-order valence-corrected chi connectivity index (χ4v) is 5.91. The minimum atomic E-state index is -0.338. The Bertz CT molecular complexity index is 1210. The van der Waals surface area contributed by atoms with Gasteiger partial charge >= 0.3 is 0 Å². The second-order valence-corrected chi connectivity index (χ2v) is 10.5. The summed E-state index contributed by atoms with van der Waals surface area (Å²) in [5, 5.41) is 7.16. The van der Waals surface area contributed by atoms with E-state index in [9.17, 15) is 0 Å². The van der Waals surface area contributed by atoms with Gasteiger partial charge < -0.3 is 14.2 Å². The maximum Gasteiger partial charge on any atom is 0.213 e. The maximum absolute atomic E-state index is 6.58. The highest BCUT2D eigenvalue weighted by molar-refractivity contribution is 9.11. The minimum absolute atomic E-state index is 0.0691. The summed E-state index contributed by atoms with van der Waals surface area (Å²) in [6.45, 7) is 2.94. The predicted molar refractivity (Wildman–Crippen MR) is 145 cm³/mol. The average Bonchev–Trinajstić information content (AvgIpc) is 3.33. The van der Waals surface area contributed by atoms with Gasteiger partial charge in [-0.05, 0) is 88.6 Å². The molecule has 5 rings (SSSR count). The Hall–Kier alpha value is -2.51. The number of halogens is 2. The van der Waals surface area contributed by atoms with Gasteiger partial charge in [0.05, 0.1) is 29.9 Å². The van der Waals surface area contributed by atoms with E-state index in [2.05, 4.69) is 74.1 Å². The third kappa shape index (κ3) is 5.07. The smallest absolute Gasteiger partial charge is 0.213 e. The highest BCUT2D eigenvalue weighted by Gasteiger charge is 2.42. The van der Waals surface area contributed by atoms with E-state index in [0.717, 1.165) is 68.0 Å². The van der Waals surface area contributed by atoms with Crippen LogP contribution in [0.5, 0.6) is 17.2 Å². The first kappa shape index (κ1) is 24.2. The summed E-state index contributed by atoms with van der Waals surface area (Å²) in [5.41, 5.74) is 4.28. The molecule has 2 unspecified atom stereocenters. The van der Waals surface area contributed by atoms with Gasteiger partial charge in [0.1, 0.15) is 17.2 Å².